The summed E-state index contributed by atoms with van der Waals surface area (Å²) in [7, 11) is 0. The summed E-state index contributed by atoms with van der Waals surface area (Å²) in [6.07, 6.45) is 0.925. The molecule has 4 N–H and O–H groups in total. The van der Waals surface area contributed by atoms with E-state index in [9.17, 15) is 0 Å². The van der Waals surface area contributed by atoms with Gasteiger partial charge in [0.1, 0.15) is 0 Å². The van der Waals surface area contributed by atoms with Crippen LogP contribution in [0.1, 0.15) is 54.1 Å². The first-order valence-electron chi connectivity index (χ1n) is 6.72. The molecule has 0 aromatic heterocycles. The van der Waals surface area contributed by atoms with Crippen LogP contribution in [0, 0.1) is 33.1 Å². The average Bonchev–Trinajstić information content (AvgIpc) is 2.26. The molecule has 0 saturated heterocycles. The molecule has 0 radical (unpaired) electrons. The van der Waals surface area contributed by atoms with Gasteiger partial charge in [-0.05, 0) is 73.9 Å². The minimum atomic E-state index is 0.0714. The van der Waals surface area contributed by atoms with Gasteiger partial charge in [0.2, 0.25) is 0 Å². The van der Waals surface area contributed by atoms with Gasteiger partial charge in [-0.15, -0.1) is 0 Å². The van der Waals surface area contributed by atoms with E-state index in [2.05, 4.69) is 47.6 Å². The first-order valence-corrected chi connectivity index (χ1v) is 6.72. The highest BCUT2D eigenvalue weighted by atomic mass is 14.7. The van der Waals surface area contributed by atoms with Crippen LogP contribution in [0.25, 0.3) is 0 Å². The van der Waals surface area contributed by atoms with Crippen LogP contribution in [0.15, 0.2) is 6.07 Å². The molecule has 0 aliphatic heterocycles. The number of hydrogen-bond acceptors (Lipinski definition) is 2. The molecule has 1 aromatic carbocycles. The maximum Gasteiger partial charge on any atom is 0.0305 e. The molecule has 1 unspecified atom stereocenters. The normalized spacial score (nSPS) is 13.8. The molecule has 1 aromatic rings. The molecule has 102 valence electrons. The van der Waals surface area contributed by atoms with Gasteiger partial charge < -0.3 is 11.5 Å². The topological polar surface area (TPSA) is 52.0 Å². The minimum absolute atomic E-state index is 0.0714. The third-order valence-electron chi connectivity index (χ3n) is 4.12. The van der Waals surface area contributed by atoms with E-state index in [1.54, 1.807) is 0 Å². The molecule has 0 fully saturated rings. The number of hydrogen-bond donors (Lipinski definition) is 2. The van der Waals surface area contributed by atoms with E-state index < -0.39 is 0 Å². The zero-order valence-electron chi connectivity index (χ0n) is 12.7. The van der Waals surface area contributed by atoms with Gasteiger partial charge in [0.05, 0.1) is 0 Å². The second-order valence-corrected chi connectivity index (χ2v) is 6.35. The second-order valence-electron chi connectivity index (χ2n) is 6.35. The molecule has 2 heteroatoms. The zero-order valence-corrected chi connectivity index (χ0v) is 12.7. The van der Waals surface area contributed by atoms with Gasteiger partial charge in [-0.2, -0.15) is 0 Å². The molecule has 0 aliphatic rings. The van der Waals surface area contributed by atoms with Gasteiger partial charge in [-0.1, -0.05) is 19.9 Å². The van der Waals surface area contributed by atoms with E-state index in [4.69, 9.17) is 11.5 Å². The Morgan fingerprint density at radius 1 is 1.06 bits per heavy atom. The Balaban J connectivity index is 3.17. The maximum absolute atomic E-state index is 6.44. The summed E-state index contributed by atoms with van der Waals surface area (Å²) in [4.78, 5) is 0. The summed E-state index contributed by atoms with van der Waals surface area (Å²) in [5.74, 6) is 0. The number of nitrogens with two attached hydrogens (primary N) is 2. The van der Waals surface area contributed by atoms with Crippen molar-refractivity contribution in [3.05, 3.63) is 33.9 Å². The third-order valence-corrected chi connectivity index (χ3v) is 4.12. The van der Waals surface area contributed by atoms with Crippen LogP contribution < -0.4 is 11.5 Å². The number of rotatable bonds is 4. The molecule has 0 heterocycles. The fourth-order valence-electron chi connectivity index (χ4n) is 2.58. The van der Waals surface area contributed by atoms with E-state index in [0.717, 1.165) is 6.42 Å². The monoisotopic (exact) mass is 248 g/mol. The average molecular weight is 248 g/mol. The molecule has 0 bridgehead atoms. The van der Waals surface area contributed by atoms with Crippen molar-refractivity contribution in [3.8, 4) is 0 Å². The van der Waals surface area contributed by atoms with E-state index in [1.807, 2.05) is 0 Å². The van der Waals surface area contributed by atoms with Gasteiger partial charge in [-0.3, -0.25) is 0 Å². The van der Waals surface area contributed by atoms with E-state index >= 15 is 0 Å². The van der Waals surface area contributed by atoms with Crippen LogP contribution in [0.2, 0.25) is 0 Å². The van der Waals surface area contributed by atoms with Gasteiger partial charge in [0.15, 0.2) is 0 Å². The Bertz CT molecular complexity index is 407. The fourth-order valence-corrected chi connectivity index (χ4v) is 2.58. The Morgan fingerprint density at radius 3 is 1.89 bits per heavy atom. The van der Waals surface area contributed by atoms with Crippen molar-refractivity contribution in [1.29, 1.82) is 0 Å². The number of aryl methyl sites for hydroxylation is 2. The molecule has 0 amide bonds. The summed E-state index contributed by atoms with van der Waals surface area (Å²) >= 11 is 0. The zero-order chi connectivity index (χ0) is 14.1. The lowest BCUT2D eigenvalue weighted by Gasteiger charge is -2.29. The highest BCUT2D eigenvalue weighted by Crippen LogP contribution is 2.33. The van der Waals surface area contributed by atoms with Crippen LogP contribution in [0.3, 0.4) is 0 Å². The molecule has 0 spiro atoms. The van der Waals surface area contributed by atoms with Gasteiger partial charge in [0, 0.05) is 6.04 Å². The van der Waals surface area contributed by atoms with Crippen LogP contribution in [-0.4, -0.2) is 6.54 Å². The van der Waals surface area contributed by atoms with Gasteiger partial charge in [-0.25, -0.2) is 0 Å². The van der Waals surface area contributed by atoms with Gasteiger partial charge >= 0.3 is 0 Å². The Labute approximate surface area is 112 Å². The first-order chi connectivity index (χ1) is 8.19. The predicted molar refractivity (Wildman–Crippen MR) is 79.8 cm³/mol. The lowest BCUT2D eigenvalue weighted by Crippen LogP contribution is -2.29. The Kier molecular flexibility index (Phi) is 4.57. The minimum Gasteiger partial charge on any atom is -0.330 e. The maximum atomic E-state index is 6.44. The molecule has 0 aliphatic carbocycles. The fraction of sp³-hybridized carbons (Fsp3) is 0.625. The summed E-state index contributed by atoms with van der Waals surface area (Å²) in [6.45, 7) is 13.7. The van der Waals surface area contributed by atoms with Gasteiger partial charge in [0.25, 0.3) is 0 Å². The Hall–Kier alpha value is -0.860. The van der Waals surface area contributed by atoms with Crippen molar-refractivity contribution in [2.45, 2.75) is 54.0 Å². The standard InChI is InChI=1S/C16H28N2/c1-10-7-11(2)13(4)15(12(10)3)14(18)8-16(5,6)9-17/h7,14H,8-9,17-18H2,1-6H3. The van der Waals surface area contributed by atoms with Crippen LogP contribution in [0.5, 0.6) is 0 Å². The highest BCUT2D eigenvalue weighted by Gasteiger charge is 2.23. The first kappa shape index (κ1) is 15.2. The second kappa shape index (κ2) is 5.41. The lowest BCUT2D eigenvalue weighted by molar-refractivity contribution is 0.316. The summed E-state index contributed by atoms with van der Waals surface area (Å²) < 4.78 is 0. The van der Waals surface area contributed by atoms with Crippen molar-refractivity contribution in [2.75, 3.05) is 6.54 Å². The van der Waals surface area contributed by atoms with Crippen LogP contribution in [-0.2, 0) is 0 Å². The quantitative estimate of drug-likeness (QED) is 0.859. The van der Waals surface area contributed by atoms with Crippen molar-refractivity contribution < 1.29 is 0 Å². The molecule has 1 rings (SSSR count). The van der Waals surface area contributed by atoms with Crippen molar-refractivity contribution >= 4 is 0 Å². The Morgan fingerprint density at radius 2 is 1.50 bits per heavy atom. The highest BCUT2D eigenvalue weighted by molar-refractivity contribution is 5.45. The smallest absolute Gasteiger partial charge is 0.0305 e. The van der Waals surface area contributed by atoms with Crippen LogP contribution >= 0.6 is 0 Å². The van der Waals surface area contributed by atoms with Crippen molar-refractivity contribution in [1.82, 2.24) is 0 Å². The molecule has 18 heavy (non-hydrogen) atoms. The molecule has 0 saturated carbocycles. The molecule has 1 atom stereocenters. The molecular weight excluding hydrogens is 220 g/mol. The SMILES string of the molecule is Cc1cc(C)c(C)c(C(N)CC(C)(C)CN)c1C. The van der Waals surface area contributed by atoms with Crippen LogP contribution in [0.4, 0.5) is 0 Å². The van der Waals surface area contributed by atoms with Crippen molar-refractivity contribution in [2.24, 2.45) is 16.9 Å². The predicted octanol–water partition coefficient (Wildman–Crippen LogP) is 3.30. The van der Waals surface area contributed by atoms with E-state index in [1.165, 1.54) is 27.8 Å². The summed E-state index contributed by atoms with van der Waals surface area (Å²) in [5, 5.41) is 0. The largest absolute Gasteiger partial charge is 0.330 e. The van der Waals surface area contributed by atoms with E-state index in [-0.39, 0.29) is 11.5 Å². The summed E-state index contributed by atoms with van der Waals surface area (Å²) in [5.41, 5.74) is 19.0. The third kappa shape index (κ3) is 3.12. The number of benzene rings is 1. The van der Waals surface area contributed by atoms with E-state index in [0.29, 0.717) is 6.54 Å². The molecule has 2 nitrogen and oxygen atoms in total. The van der Waals surface area contributed by atoms with Crippen molar-refractivity contribution in [3.63, 3.8) is 0 Å². The molecular formula is C16H28N2. The summed E-state index contributed by atoms with van der Waals surface area (Å²) in [6, 6.07) is 2.32. The lowest BCUT2D eigenvalue weighted by atomic mass is 9.80.